The van der Waals surface area contributed by atoms with Crippen molar-refractivity contribution in [2.24, 2.45) is 5.92 Å². The molecule has 0 aliphatic carbocycles. The highest BCUT2D eigenvalue weighted by Crippen LogP contribution is 2.22. The first kappa shape index (κ1) is 18.1. The Morgan fingerprint density at radius 2 is 2.00 bits per heavy atom. The van der Waals surface area contributed by atoms with E-state index in [1.165, 1.54) is 19.2 Å². The number of amides is 1. The predicted molar refractivity (Wildman–Crippen MR) is 93.8 cm³/mol. The zero-order valence-corrected chi connectivity index (χ0v) is 14.9. The number of piperidine rings is 1. The lowest BCUT2D eigenvalue weighted by Gasteiger charge is -2.31. The summed E-state index contributed by atoms with van der Waals surface area (Å²) in [5, 5.41) is 7.95. The summed E-state index contributed by atoms with van der Waals surface area (Å²) in [5.74, 6) is 0.324. The zero-order valence-electron chi connectivity index (χ0n) is 14.9. The third-order valence-electron chi connectivity index (χ3n) is 4.54. The second-order valence-electron chi connectivity index (χ2n) is 6.41. The van der Waals surface area contributed by atoms with Crippen molar-refractivity contribution < 1.29 is 18.7 Å². The molecule has 0 N–H and O–H groups in total. The van der Waals surface area contributed by atoms with Gasteiger partial charge in [0.15, 0.2) is 11.6 Å². The first-order chi connectivity index (χ1) is 12.6. The number of aromatic nitrogens is 2. The van der Waals surface area contributed by atoms with Crippen molar-refractivity contribution in [1.82, 2.24) is 15.1 Å². The Hall–Kier alpha value is -2.70. The second kappa shape index (κ2) is 8.12. The number of likely N-dealkylation sites (tertiary alicyclic amines) is 1. The Kier molecular flexibility index (Phi) is 5.65. The first-order valence-corrected chi connectivity index (χ1v) is 8.63. The lowest BCUT2D eigenvalue weighted by atomic mass is 9.97. The molecule has 0 saturated carbocycles. The average Bonchev–Trinajstić information content (AvgIpc) is 2.67. The van der Waals surface area contributed by atoms with Crippen molar-refractivity contribution in [1.29, 1.82) is 0 Å². The molecular formula is C19H22FN3O3. The van der Waals surface area contributed by atoms with E-state index < -0.39 is 5.82 Å². The number of benzene rings is 1. The van der Waals surface area contributed by atoms with E-state index in [1.54, 1.807) is 17.0 Å². The van der Waals surface area contributed by atoms with Gasteiger partial charge in [0.2, 0.25) is 5.88 Å². The molecule has 1 aromatic heterocycles. The number of hydrogen-bond donors (Lipinski definition) is 0. The van der Waals surface area contributed by atoms with Gasteiger partial charge in [0.05, 0.1) is 19.4 Å². The summed E-state index contributed by atoms with van der Waals surface area (Å²) in [4.78, 5) is 14.3. The minimum atomic E-state index is -0.527. The van der Waals surface area contributed by atoms with E-state index in [0.29, 0.717) is 37.1 Å². The van der Waals surface area contributed by atoms with Crippen LogP contribution in [0, 0.1) is 18.7 Å². The van der Waals surface area contributed by atoms with Crippen LogP contribution in [-0.4, -0.2) is 47.8 Å². The number of aryl methyl sites for hydroxylation is 1. The summed E-state index contributed by atoms with van der Waals surface area (Å²) < 4.78 is 24.4. The van der Waals surface area contributed by atoms with Gasteiger partial charge < -0.3 is 14.4 Å². The van der Waals surface area contributed by atoms with Gasteiger partial charge in [-0.05, 0) is 49.9 Å². The summed E-state index contributed by atoms with van der Waals surface area (Å²) in [5.41, 5.74) is 1.19. The molecule has 0 bridgehead atoms. The summed E-state index contributed by atoms with van der Waals surface area (Å²) in [6.45, 7) is 3.68. The fourth-order valence-electron chi connectivity index (χ4n) is 2.95. The maximum atomic E-state index is 13.8. The Morgan fingerprint density at radius 3 is 2.62 bits per heavy atom. The van der Waals surface area contributed by atoms with Crippen LogP contribution in [0.3, 0.4) is 0 Å². The van der Waals surface area contributed by atoms with Crippen LogP contribution in [0.2, 0.25) is 0 Å². The Balaban J connectivity index is 1.50. The van der Waals surface area contributed by atoms with Crippen LogP contribution in [0.25, 0.3) is 0 Å². The summed E-state index contributed by atoms with van der Waals surface area (Å²) in [6.07, 6.45) is 1.67. The highest BCUT2D eigenvalue weighted by atomic mass is 19.1. The van der Waals surface area contributed by atoms with Crippen LogP contribution in [0.15, 0.2) is 30.3 Å². The van der Waals surface area contributed by atoms with Gasteiger partial charge in [-0.2, -0.15) is 5.10 Å². The first-order valence-electron chi connectivity index (χ1n) is 8.63. The minimum Gasteiger partial charge on any atom is -0.494 e. The van der Waals surface area contributed by atoms with Crippen LogP contribution in [0.5, 0.6) is 11.6 Å². The van der Waals surface area contributed by atoms with Gasteiger partial charge >= 0.3 is 0 Å². The average molecular weight is 359 g/mol. The SMILES string of the molecule is COc1ccc(C(=O)N2CCC(COc3ccc(C)nn3)CC2)cc1F. The number of halogens is 1. The molecule has 1 aliphatic rings. The van der Waals surface area contributed by atoms with Gasteiger partial charge in [-0.3, -0.25) is 4.79 Å². The molecule has 2 heterocycles. The second-order valence-corrected chi connectivity index (χ2v) is 6.41. The van der Waals surface area contributed by atoms with Crippen LogP contribution in [0.1, 0.15) is 28.9 Å². The van der Waals surface area contributed by atoms with Gasteiger partial charge in [0.25, 0.3) is 5.91 Å². The Morgan fingerprint density at radius 1 is 1.23 bits per heavy atom. The molecule has 26 heavy (non-hydrogen) atoms. The molecule has 1 saturated heterocycles. The number of nitrogens with zero attached hydrogens (tertiary/aromatic N) is 3. The van der Waals surface area contributed by atoms with Gasteiger partial charge in [-0.1, -0.05) is 0 Å². The minimum absolute atomic E-state index is 0.136. The number of ether oxygens (including phenoxy) is 2. The predicted octanol–water partition coefficient (Wildman–Crippen LogP) is 2.86. The molecule has 3 rings (SSSR count). The van der Waals surface area contributed by atoms with Crippen molar-refractivity contribution in [3.8, 4) is 11.6 Å². The highest BCUT2D eigenvalue weighted by Gasteiger charge is 2.24. The molecule has 7 heteroatoms. The Bertz CT molecular complexity index is 759. The van der Waals surface area contributed by atoms with Crippen molar-refractivity contribution in [2.75, 3.05) is 26.8 Å². The summed E-state index contributed by atoms with van der Waals surface area (Å²) in [6, 6.07) is 7.96. The molecule has 1 amide bonds. The molecule has 2 aromatic rings. The lowest BCUT2D eigenvalue weighted by molar-refractivity contribution is 0.0658. The number of methoxy groups -OCH3 is 1. The summed E-state index contributed by atoms with van der Waals surface area (Å²) >= 11 is 0. The molecule has 1 aromatic carbocycles. The molecule has 0 spiro atoms. The van der Waals surface area contributed by atoms with Crippen LogP contribution in [0.4, 0.5) is 4.39 Å². The maximum Gasteiger partial charge on any atom is 0.253 e. The smallest absolute Gasteiger partial charge is 0.253 e. The van der Waals surface area contributed by atoms with Crippen molar-refractivity contribution in [3.63, 3.8) is 0 Å². The van der Waals surface area contributed by atoms with Gasteiger partial charge in [-0.25, -0.2) is 4.39 Å². The fourth-order valence-corrected chi connectivity index (χ4v) is 2.95. The lowest BCUT2D eigenvalue weighted by Crippen LogP contribution is -2.39. The van der Waals surface area contributed by atoms with Crippen molar-refractivity contribution in [3.05, 3.63) is 47.4 Å². The maximum absolute atomic E-state index is 13.8. The van der Waals surface area contributed by atoms with Gasteiger partial charge in [-0.15, -0.1) is 5.10 Å². The Labute approximate surface area is 151 Å². The number of hydrogen-bond acceptors (Lipinski definition) is 5. The molecular weight excluding hydrogens is 337 g/mol. The number of carbonyl (C=O) groups is 1. The normalized spacial score (nSPS) is 15.0. The van der Waals surface area contributed by atoms with E-state index in [2.05, 4.69) is 10.2 Å². The largest absolute Gasteiger partial charge is 0.494 e. The van der Waals surface area contributed by atoms with E-state index in [1.807, 2.05) is 13.0 Å². The van der Waals surface area contributed by atoms with Crippen molar-refractivity contribution >= 4 is 5.91 Å². The van der Waals surface area contributed by atoms with Crippen LogP contribution in [-0.2, 0) is 0 Å². The molecule has 1 fully saturated rings. The third kappa shape index (κ3) is 4.28. The van der Waals surface area contributed by atoms with E-state index in [9.17, 15) is 9.18 Å². The molecule has 1 aliphatic heterocycles. The molecule has 0 radical (unpaired) electrons. The number of carbonyl (C=O) groups excluding carboxylic acids is 1. The standard InChI is InChI=1S/C19H22FN3O3/c1-13-3-6-18(22-21-13)26-12-14-7-9-23(10-8-14)19(24)15-4-5-17(25-2)16(20)11-15/h3-6,11,14H,7-10,12H2,1-2H3. The van der Waals surface area contributed by atoms with Crippen LogP contribution < -0.4 is 9.47 Å². The third-order valence-corrected chi connectivity index (χ3v) is 4.54. The van der Waals surface area contributed by atoms with E-state index in [4.69, 9.17) is 9.47 Å². The molecule has 0 atom stereocenters. The monoisotopic (exact) mass is 359 g/mol. The van der Waals surface area contributed by atoms with Crippen molar-refractivity contribution in [2.45, 2.75) is 19.8 Å². The van der Waals surface area contributed by atoms with Gasteiger partial charge in [0.1, 0.15) is 0 Å². The number of rotatable bonds is 5. The van der Waals surface area contributed by atoms with E-state index in [0.717, 1.165) is 18.5 Å². The quantitative estimate of drug-likeness (QED) is 0.821. The summed E-state index contributed by atoms with van der Waals surface area (Å²) in [7, 11) is 1.40. The zero-order chi connectivity index (χ0) is 18.5. The molecule has 6 nitrogen and oxygen atoms in total. The van der Waals surface area contributed by atoms with E-state index in [-0.39, 0.29) is 11.7 Å². The molecule has 138 valence electrons. The van der Waals surface area contributed by atoms with E-state index >= 15 is 0 Å². The fraction of sp³-hybridized carbons (Fsp3) is 0.421. The molecule has 0 unspecified atom stereocenters. The topological polar surface area (TPSA) is 64.5 Å². The van der Waals surface area contributed by atoms with Crippen LogP contribution >= 0.6 is 0 Å². The van der Waals surface area contributed by atoms with Gasteiger partial charge in [0, 0.05) is 24.7 Å². The highest BCUT2D eigenvalue weighted by molar-refractivity contribution is 5.94.